The minimum absolute atomic E-state index is 0.305. The molecule has 0 bridgehead atoms. The van der Waals surface area contributed by atoms with Crippen molar-refractivity contribution in [3.63, 3.8) is 0 Å². The summed E-state index contributed by atoms with van der Waals surface area (Å²) in [5, 5.41) is 2.12. The lowest BCUT2D eigenvalue weighted by molar-refractivity contribution is 1.16. The predicted molar refractivity (Wildman–Crippen MR) is 78.7 cm³/mol. The van der Waals surface area contributed by atoms with Crippen molar-refractivity contribution in [3.8, 4) is 0 Å². The van der Waals surface area contributed by atoms with Crippen molar-refractivity contribution in [3.05, 3.63) is 55.7 Å². The Morgan fingerprint density at radius 2 is 1.94 bits per heavy atom. The number of rotatable bonds is 2. The van der Waals surface area contributed by atoms with Crippen LogP contribution in [0, 0.1) is 13.8 Å². The number of halogens is 2. The van der Waals surface area contributed by atoms with Gasteiger partial charge in [-0.3, -0.25) is 0 Å². The topological polar surface area (TPSA) is 0 Å². The summed E-state index contributed by atoms with van der Waals surface area (Å²) in [5.41, 5.74) is 3.94. The SMILES string of the molecule is Cc1cc(C(Br)c2cccs2)c(C)cc1Br. The van der Waals surface area contributed by atoms with E-state index in [2.05, 4.69) is 75.4 Å². The van der Waals surface area contributed by atoms with E-state index < -0.39 is 0 Å². The Hall–Kier alpha value is -0.120. The average Bonchev–Trinajstić information content (AvgIpc) is 2.75. The van der Waals surface area contributed by atoms with E-state index in [9.17, 15) is 0 Å². The molecule has 3 heteroatoms. The zero-order valence-corrected chi connectivity index (χ0v) is 13.1. The lowest BCUT2D eigenvalue weighted by Crippen LogP contribution is -1.95. The molecule has 2 rings (SSSR count). The minimum atomic E-state index is 0.305. The van der Waals surface area contributed by atoms with Crippen LogP contribution in [0.25, 0.3) is 0 Å². The Bertz CT molecular complexity index is 489. The Kier molecular flexibility index (Phi) is 3.88. The van der Waals surface area contributed by atoms with Gasteiger partial charge >= 0.3 is 0 Å². The van der Waals surface area contributed by atoms with Gasteiger partial charge in [-0.15, -0.1) is 11.3 Å². The van der Waals surface area contributed by atoms with Gasteiger partial charge in [-0.25, -0.2) is 0 Å². The van der Waals surface area contributed by atoms with Crippen molar-refractivity contribution in [2.45, 2.75) is 18.7 Å². The molecular formula is C13H12Br2S. The van der Waals surface area contributed by atoms with Crippen molar-refractivity contribution in [2.75, 3.05) is 0 Å². The molecule has 0 nitrogen and oxygen atoms in total. The molecule has 2 aromatic rings. The van der Waals surface area contributed by atoms with Crippen LogP contribution in [-0.4, -0.2) is 0 Å². The van der Waals surface area contributed by atoms with Crippen LogP contribution in [0.1, 0.15) is 26.4 Å². The predicted octanol–water partition coefficient (Wildman–Crippen LogP) is 5.61. The van der Waals surface area contributed by atoms with Crippen LogP contribution >= 0.6 is 43.2 Å². The van der Waals surface area contributed by atoms with E-state index in [-0.39, 0.29) is 0 Å². The molecule has 0 fully saturated rings. The van der Waals surface area contributed by atoms with E-state index in [1.807, 2.05) is 0 Å². The largest absolute Gasteiger partial charge is 0.147 e. The molecule has 0 saturated carbocycles. The fraction of sp³-hybridized carbons (Fsp3) is 0.231. The van der Waals surface area contributed by atoms with Gasteiger partial charge in [-0.1, -0.05) is 44.0 Å². The maximum Gasteiger partial charge on any atom is 0.0740 e. The van der Waals surface area contributed by atoms with Gasteiger partial charge in [0.2, 0.25) is 0 Å². The summed E-state index contributed by atoms with van der Waals surface area (Å²) in [6.45, 7) is 4.28. The van der Waals surface area contributed by atoms with Crippen LogP contribution in [0.2, 0.25) is 0 Å². The fourth-order valence-electron chi connectivity index (χ4n) is 1.67. The molecule has 1 unspecified atom stereocenters. The summed E-state index contributed by atoms with van der Waals surface area (Å²) in [7, 11) is 0. The van der Waals surface area contributed by atoms with E-state index in [0.29, 0.717) is 4.83 Å². The lowest BCUT2D eigenvalue weighted by Gasteiger charge is -2.13. The minimum Gasteiger partial charge on any atom is -0.147 e. The normalized spacial score (nSPS) is 12.8. The quantitative estimate of drug-likeness (QED) is 0.611. The maximum atomic E-state index is 3.78. The monoisotopic (exact) mass is 358 g/mol. The van der Waals surface area contributed by atoms with Crippen molar-refractivity contribution in [1.29, 1.82) is 0 Å². The fourth-order valence-corrected chi connectivity index (χ4v) is 3.81. The zero-order valence-electron chi connectivity index (χ0n) is 9.13. The van der Waals surface area contributed by atoms with E-state index in [1.54, 1.807) is 11.3 Å². The molecule has 84 valence electrons. The smallest absolute Gasteiger partial charge is 0.0740 e. The number of hydrogen-bond acceptors (Lipinski definition) is 1. The molecule has 0 aliphatic heterocycles. The number of benzene rings is 1. The van der Waals surface area contributed by atoms with Gasteiger partial charge in [0.05, 0.1) is 4.83 Å². The van der Waals surface area contributed by atoms with Crippen LogP contribution in [-0.2, 0) is 0 Å². The molecule has 1 atom stereocenters. The van der Waals surface area contributed by atoms with E-state index in [4.69, 9.17) is 0 Å². The lowest BCUT2D eigenvalue weighted by atomic mass is 10.0. The van der Waals surface area contributed by atoms with Crippen LogP contribution in [0.15, 0.2) is 34.1 Å². The summed E-state index contributed by atoms with van der Waals surface area (Å²) >= 11 is 9.13. The molecule has 0 spiro atoms. The standard InChI is InChI=1S/C13H12Br2S/c1-8-7-11(14)9(2)6-10(8)13(15)12-4-3-5-16-12/h3-7,13H,1-2H3. The first kappa shape index (κ1) is 12.3. The third-order valence-electron chi connectivity index (χ3n) is 2.61. The second-order valence-corrected chi connectivity index (χ2v) is 6.59. The Balaban J connectivity index is 2.44. The van der Waals surface area contributed by atoms with Crippen LogP contribution < -0.4 is 0 Å². The number of alkyl halides is 1. The molecule has 0 N–H and O–H groups in total. The Labute approximate surface area is 117 Å². The highest BCUT2D eigenvalue weighted by Gasteiger charge is 2.14. The third kappa shape index (κ3) is 2.41. The van der Waals surface area contributed by atoms with Crippen molar-refractivity contribution < 1.29 is 0 Å². The first-order valence-electron chi connectivity index (χ1n) is 5.03. The Morgan fingerprint density at radius 1 is 1.19 bits per heavy atom. The summed E-state index contributed by atoms with van der Waals surface area (Å²) in [6.07, 6.45) is 0. The molecule has 0 aliphatic carbocycles. The molecule has 1 aromatic heterocycles. The van der Waals surface area contributed by atoms with Gasteiger partial charge in [0.25, 0.3) is 0 Å². The molecule has 16 heavy (non-hydrogen) atoms. The van der Waals surface area contributed by atoms with E-state index in [1.165, 1.54) is 26.0 Å². The van der Waals surface area contributed by atoms with Gasteiger partial charge in [0.15, 0.2) is 0 Å². The molecular weight excluding hydrogens is 348 g/mol. The third-order valence-corrected chi connectivity index (χ3v) is 5.69. The number of thiophene rings is 1. The van der Waals surface area contributed by atoms with Crippen molar-refractivity contribution in [1.82, 2.24) is 0 Å². The molecule has 1 heterocycles. The Morgan fingerprint density at radius 3 is 2.56 bits per heavy atom. The maximum absolute atomic E-state index is 3.78. The summed E-state index contributed by atoms with van der Waals surface area (Å²) < 4.78 is 1.18. The zero-order chi connectivity index (χ0) is 11.7. The summed E-state index contributed by atoms with van der Waals surface area (Å²) in [5.74, 6) is 0. The highest BCUT2D eigenvalue weighted by molar-refractivity contribution is 9.10. The van der Waals surface area contributed by atoms with Crippen LogP contribution in [0.5, 0.6) is 0 Å². The average molecular weight is 360 g/mol. The first-order valence-corrected chi connectivity index (χ1v) is 7.62. The van der Waals surface area contributed by atoms with E-state index >= 15 is 0 Å². The molecule has 0 radical (unpaired) electrons. The second-order valence-electron chi connectivity index (χ2n) is 3.84. The highest BCUT2D eigenvalue weighted by atomic mass is 79.9. The van der Waals surface area contributed by atoms with Gasteiger partial charge in [-0.2, -0.15) is 0 Å². The molecule has 1 aromatic carbocycles. The highest BCUT2D eigenvalue weighted by Crippen LogP contribution is 2.37. The van der Waals surface area contributed by atoms with Crippen LogP contribution in [0.4, 0.5) is 0 Å². The molecule has 0 saturated heterocycles. The van der Waals surface area contributed by atoms with Gasteiger partial charge in [0, 0.05) is 9.35 Å². The van der Waals surface area contributed by atoms with E-state index in [0.717, 1.165) is 0 Å². The van der Waals surface area contributed by atoms with Crippen molar-refractivity contribution in [2.24, 2.45) is 0 Å². The molecule has 0 amide bonds. The second kappa shape index (κ2) is 5.03. The molecule has 0 aliphatic rings. The van der Waals surface area contributed by atoms with Crippen molar-refractivity contribution >= 4 is 43.2 Å². The summed E-state index contributed by atoms with van der Waals surface area (Å²) in [6, 6.07) is 8.70. The van der Waals surface area contributed by atoms with Gasteiger partial charge in [-0.05, 0) is 48.1 Å². The number of aryl methyl sites for hydroxylation is 2. The first-order chi connectivity index (χ1) is 7.59. The van der Waals surface area contributed by atoms with Gasteiger partial charge in [0.1, 0.15) is 0 Å². The summed E-state index contributed by atoms with van der Waals surface area (Å²) in [4.78, 5) is 1.66. The van der Waals surface area contributed by atoms with Crippen LogP contribution in [0.3, 0.4) is 0 Å². The number of hydrogen-bond donors (Lipinski definition) is 0. The van der Waals surface area contributed by atoms with Gasteiger partial charge < -0.3 is 0 Å².